The fraction of sp³-hybridized carbons (Fsp3) is 0.688. The van der Waals surface area contributed by atoms with Gasteiger partial charge in [-0.3, -0.25) is 4.79 Å². The van der Waals surface area contributed by atoms with E-state index in [9.17, 15) is 14.7 Å². The van der Waals surface area contributed by atoms with E-state index in [0.29, 0.717) is 37.0 Å². The minimum Gasteiger partial charge on any atom is -0.462 e. The predicted molar refractivity (Wildman–Crippen MR) is 150 cm³/mol. The first-order chi connectivity index (χ1) is 18.6. The molecule has 1 saturated carbocycles. The van der Waals surface area contributed by atoms with E-state index in [-0.39, 0.29) is 36.0 Å². The molecule has 7 nitrogen and oxygen atoms in total. The van der Waals surface area contributed by atoms with Crippen LogP contribution in [0.1, 0.15) is 82.6 Å². The minimum atomic E-state index is -0.831. The first kappa shape index (κ1) is 29.8. The van der Waals surface area contributed by atoms with Crippen LogP contribution in [0.2, 0.25) is 0 Å². The summed E-state index contributed by atoms with van der Waals surface area (Å²) in [7, 11) is 0. The molecule has 39 heavy (non-hydrogen) atoms. The summed E-state index contributed by atoms with van der Waals surface area (Å²) in [6.07, 6.45) is 6.68. The van der Waals surface area contributed by atoms with Gasteiger partial charge in [-0.15, -0.1) is 0 Å². The molecule has 0 aromatic heterocycles. The second-order valence-corrected chi connectivity index (χ2v) is 12.1. The second-order valence-electron chi connectivity index (χ2n) is 12.1. The summed E-state index contributed by atoms with van der Waals surface area (Å²) in [6, 6.07) is 7.50. The number of aliphatic hydroxyl groups is 1. The van der Waals surface area contributed by atoms with Crippen molar-refractivity contribution in [3.63, 3.8) is 0 Å². The lowest BCUT2D eigenvalue weighted by Crippen LogP contribution is -2.56. The van der Waals surface area contributed by atoms with Crippen molar-refractivity contribution in [1.29, 1.82) is 0 Å². The summed E-state index contributed by atoms with van der Waals surface area (Å²) in [5.41, 5.74) is 1.79. The van der Waals surface area contributed by atoms with Crippen LogP contribution in [0.4, 0.5) is 0 Å². The quantitative estimate of drug-likeness (QED) is 0.342. The van der Waals surface area contributed by atoms with Crippen molar-refractivity contribution in [3.05, 3.63) is 47.0 Å². The standard InChI is InChI=1S/C32H47NO6/c1-6-37-31(35)26-9-7-8-25(17-26)20-38-27-12-14-33(15-13-27)19-22(3)28-11-10-23(4)32(36)18-30(39-24(5)34)21(2)16-29(28)32/h7-9,16-17,22-23,27-30,36H,6,10-15,18-20H2,1-5H3/t22-,23-,28+,29-,30-,32-/m1/s1. The Labute approximate surface area is 233 Å². The molecule has 1 aromatic carbocycles. The van der Waals surface area contributed by atoms with Gasteiger partial charge in [-0.2, -0.15) is 0 Å². The number of piperidine rings is 1. The van der Waals surface area contributed by atoms with E-state index in [1.807, 2.05) is 32.0 Å². The van der Waals surface area contributed by atoms with E-state index in [0.717, 1.165) is 56.5 Å². The normalized spacial score (nSPS) is 30.7. The van der Waals surface area contributed by atoms with Crippen molar-refractivity contribution in [2.24, 2.45) is 23.7 Å². The Kier molecular flexibility index (Phi) is 9.89. The van der Waals surface area contributed by atoms with Gasteiger partial charge in [0, 0.05) is 38.9 Å². The number of carbonyl (C=O) groups is 2. The van der Waals surface area contributed by atoms with E-state index in [4.69, 9.17) is 14.2 Å². The summed E-state index contributed by atoms with van der Waals surface area (Å²) < 4.78 is 16.9. The number of esters is 2. The molecule has 2 aliphatic carbocycles. The van der Waals surface area contributed by atoms with Gasteiger partial charge in [0.25, 0.3) is 0 Å². The molecule has 1 aliphatic heterocycles. The third-order valence-corrected chi connectivity index (χ3v) is 9.33. The Hall–Kier alpha value is -2.22. The van der Waals surface area contributed by atoms with Gasteiger partial charge in [0.1, 0.15) is 6.10 Å². The fourth-order valence-electron chi connectivity index (χ4n) is 7.02. The topological polar surface area (TPSA) is 85.3 Å². The maximum absolute atomic E-state index is 12.0. The first-order valence-electron chi connectivity index (χ1n) is 14.8. The van der Waals surface area contributed by atoms with E-state index in [2.05, 4.69) is 24.8 Å². The number of fused-ring (bicyclic) bond motifs is 1. The minimum absolute atomic E-state index is 0.0919. The van der Waals surface area contributed by atoms with Crippen LogP contribution in [-0.4, -0.2) is 66.0 Å². The number of nitrogens with zero attached hydrogens (tertiary/aromatic N) is 1. The van der Waals surface area contributed by atoms with Gasteiger partial charge in [0.15, 0.2) is 0 Å². The van der Waals surface area contributed by atoms with Crippen molar-refractivity contribution < 1.29 is 28.9 Å². The molecule has 1 heterocycles. The van der Waals surface area contributed by atoms with Crippen molar-refractivity contribution in [3.8, 4) is 0 Å². The molecule has 2 fully saturated rings. The lowest BCUT2D eigenvalue weighted by molar-refractivity contribution is -0.159. The van der Waals surface area contributed by atoms with Crippen molar-refractivity contribution >= 4 is 11.9 Å². The number of carbonyl (C=O) groups excluding carboxylic acids is 2. The monoisotopic (exact) mass is 541 g/mol. The Morgan fingerprint density at radius 3 is 2.62 bits per heavy atom. The van der Waals surface area contributed by atoms with Gasteiger partial charge in [0.2, 0.25) is 0 Å². The van der Waals surface area contributed by atoms with Gasteiger partial charge in [-0.05, 0) is 80.6 Å². The molecule has 0 bridgehead atoms. The molecular weight excluding hydrogens is 494 g/mol. The molecule has 0 amide bonds. The number of hydrogen-bond donors (Lipinski definition) is 1. The first-order valence-corrected chi connectivity index (χ1v) is 14.8. The van der Waals surface area contributed by atoms with Crippen LogP contribution >= 0.6 is 0 Å². The van der Waals surface area contributed by atoms with Crippen LogP contribution in [0.5, 0.6) is 0 Å². The van der Waals surface area contributed by atoms with Gasteiger partial charge in [0.05, 0.1) is 30.5 Å². The lowest BCUT2D eigenvalue weighted by Gasteiger charge is -2.53. The highest BCUT2D eigenvalue weighted by Crippen LogP contribution is 2.51. The van der Waals surface area contributed by atoms with Crippen molar-refractivity contribution in [2.45, 2.75) is 91.1 Å². The fourth-order valence-corrected chi connectivity index (χ4v) is 7.02. The number of benzene rings is 1. The van der Waals surface area contributed by atoms with Crippen LogP contribution in [0.3, 0.4) is 0 Å². The maximum atomic E-state index is 12.0. The Balaban J connectivity index is 1.29. The van der Waals surface area contributed by atoms with Gasteiger partial charge >= 0.3 is 11.9 Å². The molecule has 1 N–H and O–H groups in total. The zero-order valence-corrected chi connectivity index (χ0v) is 24.4. The van der Waals surface area contributed by atoms with E-state index < -0.39 is 5.60 Å². The molecule has 4 rings (SSSR count). The number of likely N-dealkylation sites (tertiary alicyclic amines) is 1. The van der Waals surface area contributed by atoms with Gasteiger partial charge in [-0.1, -0.05) is 32.1 Å². The molecule has 1 saturated heterocycles. The van der Waals surface area contributed by atoms with Crippen LogP contribution in [0, 0.1) is 23.7 Å². The number of rotatable bonds is 9. The maximum Gasteiger partial charge on any atom is 0.338 e. The third kappa shape index (κ3) is 7.11. The molecule has 216 valence electrons. The highest BCUT2D eigenvalue weighted by Gasteiger charge is 2.52. The van der Waals surface area contributed by atoms with Crippen LogP contribution in [0.25, 0.3) is 0 Å². The van der Waals surface area contributed by atoms with E-state index >= 15 is 0 Å². The Bertz CT molecular complexity index is 1030. The molecule has 0 spiro atoms. The van der Waals surface area contributed by atoms with Crippen LogP contribution < -0.4 is 0 Å². The van der Waals surface area contributed by atoms with Crippen molar-refractivity contribution in [2.75, 3.05) is 26.2 Å². The molecule has 0 radical (unpaired) electrons. The summed E-state index contributed by atoms with van der Waals surface area (Å²) in [5, 5.41) is 11.9. The van der Waals surface area contributed by atoms with E-state index in [1.165, 1.54) is 6.92 Å². The summed E-state index contributed by atoms with van der Waals surface area (Å²) >= 11 is 0. The predicted octanol–water partition coefficient (Wildman–Crippen LogP) is 5.16. The largest absolute Gasteiger partial charge is 0.462 e. The molecule has 3 aliphatic rings. The molecule has 0 unspecified atom stereocenters. The summed E-state index contributed by atoms with van der Waals surface area (Å²) in [5.74, 6) is 0.538. The van der Waals surface area contributed by atoms with Crippen LogP contribution in [-0.2, 0) is 25.6 Å². The second kappa shape index (κ2) is 13.0. The smallest absolute Gasteiger partial charge is 0.338 e. The Morgan fingerprint density at radius 1 is 1.18 bits per heavy atom. The number of ether oxygens (including phenoxy) is 3. The highest BCUT2D eigenvalue weighted by molar-refractivity contribution is 5.89. The molecular formula is C32H47NO6. The van der Waals surface area contributed by atoms with Gasteiger partial charge < -0.3 is 24.2 Å². The highest BCUT2D eigenvalue weighted by atomic mass is 16.5. The molecule has 1 aromatic rings. The average Bonchev–Trinajstić information content (AvgIpc) is 2.90. The average molecular weight is 542 g/mol. The lowest BCUT2D eigenvalue weighted by atomic mass is 9.57. The molecule has 6 atom stereocenters. The summed E-state index contributed by atoms with van der Waals surface area (Å²) in [4.78, 5) is 26.2. The van der Waals surface area contributed by atoms with Crippen molar-refractivity contribution in [1.82, 2.24) is 4.90 Å². The van der Waals surface area contributed by atoms with Crippen LogP contribution in [0.15, 0.2) is 35.9 Å². The van der Waals surface area contributed by atoms with E-state index in [1.54, 1.807) is 6.07 Å². The zero-order valence-electron chi connectivity index (χ0n) is 24.4. The van der Waals surface area contributed by atoms with Gasteiger partial charge in [-0.25, -0.2) is 4.79 Å². The number of hydrogen-bond acceptors (Lipinski definition) is 7. The summed E-state index contributed by atoms with van der Waals surface area (Å²) in [6.45, 7) is 13.6. The third-order valence-electron chi connectivity index (χ3n) is 9.33. The molecule has 7 heteroatoms. The zero-order chi connectivity index (χ0) is 28.2. The SMILES string of the molecule is CCOC(=O)c1cccc(COC2CCN(C[C@@H](C)[C@@H]3CC[C@@H](C)[C@]4(O)C[C@@H](OC(C)=O)C(C)=C[C@H]34)CC2)c1. The Morgan fingerprint density at radius 2 is 1.92 bits per heavy atom.